The maximum Gasteiger partial charge on any atom is 0.310 e. The Balaban J connectivity index is 1.68. The molecule has 0 aliphatic carbocycles. The Hall–Kier alpha value is -2.59. The van der Waals surface area contributed by atoms with Gasteiger partial charge < -0.3 is 9.64 Å². The third-order valence-corrected chi connectivity index (χ3v) is 5.83. The number of ether oxygens (including phenoxy) is 1. The van der Waals surface area contributed by atoms with Gasteiger partial charge in [0.2, 0.25) is 0 Å². The quantitative estimate of drug-likeness (QED) is 0.473. The number of benzene rings is 2. The van der Waals surface area contributed by atoms with Gasteiger partial charge in [-0.15, -0.1) is 0 Å². The van der Waals surface area contributed by atoms with Crippen molar-refractivity contribution in [2.75, 3.05) is 31.2 Å². The van der Waals surface area contributed by atoms with Crippen molar-refractivity contribution in [2.45, 2.75) is 4.90 Å². The Labute approximate surface area is 164 Å². The van der Waals surface area contributed by atoms with Crippen molar-refractivity contribution in [3.63, 3.8) is 0 Å². The second-order valence-corrected chi connectivity index (χ2v) is 9.15. The summed E-state index contributed by atoms with van der Waals surface area (Å²) in [6, 6.07) is 12.0. The van der Waals surface area contributed by atoms with E-state index in [2.05, 4.69) is 10.00 Å². The highest BCUT2D eigenvalue weighted by Gasteiger charge is 2.65. The predicted octanol–water partition coefficient (Wildman–Crippen LogP) is 6.03. The molecule has 0 unspecified atom stereocenters. The first kappa shape index (κ1) is 19.7. The molecule has 0 radical (unpaired) electrons. The van der Waals surface area contributed by atoms with Gasteiger partial charge in [0.1, 0.15) is 4.90 Å². The summed E-state index contributed by atoms with van der Waals surface area (Å²) in [6.07, 6.45) is 1.41. The summed E-state index contributed by atoms with van der Waals surface area (Å²) >= 11 is 0. The van der Waals surface area contributed by atoms with Crippen molar-refractivity contribution < 1.29 is 24.2 Å². The van der Waals surface area contributed by atoms with Crippen LogP contribution in [0.15, 0.2) is 65.7 Å². The largest absolute Gasteiger partial charge is 0.378 e. The zero-order valence-corrected chi connectivity index (χ0v) is 16.0. The van der Waals surface area contributed by atoms with E-state index in [4.69, 9.17) is 4.74 Å². The van der Waals surface area contributed by atoms with Crippen LogP contribution in [-0.4, -0.2) is 36.1 Å². The molecule has 2 aromatic carbocycles. The predicted molar refractivity (Wildman–Crippen MR) is 103 cm³/mol. The average molecular weight is 431 g/mol. The highest BCUT2D eigenvalue weighted by atomic mass is 32.5. The third-order valence-electron chi connectivity index (χ3n) is 4.69. The fourth-order valence-electron chi connectivity index (χ4n) is 3.25. The molecule has 0 saturated carbocycles. The highest BCUT2D eigenvalue weighted by Crippen LogP contribution is 3.02. The van der Waals surface area contributed by atoms with E-state index in [1.54, 1.807) is 12.1 Å². The van der Waals surface area contributed by atoms with Gasteiger partial charge in [0, 0.05) is 24.3 Å². The number of hydrogen-bond acceptors (Lipinski definition) is 3. The molecule has 0 amide bonds. The lowest BCUT2D eigenvalue weighted by Crippen LogP contribution is -2.36. The van der Waals surface area contributed by atoms with E-state index in [1.807, 2.05) is 12.1 Å². The van der Waals surface area contributed by atoms with Gasteiger partial charge in [-0.05, 0) is 42.5 Å². The molecule has 0 spiro atoms. The Morgan fingerprint density at radius 2 is 1.48 bits per heavy atom. The van der Waals surface area contributed by atoms with Crippen molar-refractivity contribution >= 4 is 15.9 Å². The number of rotatable bonds is 4. The van der Waals surface area contributed by atoms with E-state index >= 15 is 0 Å². The fourth-order valence-corrected chi connectivity index (χ4v) is 3.93. The second-order valence-electron chi connectivity index (χ2n) is 6.74. The van der Waals surface area contributed by atoms with Gasteiger partial charge in [0.25, 0.3) is 0 Å². The van der Waals surface area contributed by atoms with Gasteiger partial charge in [-0.1, -0.05) is 31.6 Å². The normalized spacial score (nSPS) is 17.6. The summed E-state index contributed by atoms with van der Waals surface area (Å²) in [5, 5.41) is 4.16. The molecule has 1 aliphatic heterocycles. The molecule has 3 aromatic rings. The van der Waals surface area contributed by atoms with E-state index in [1.165, 1.54) is 23.0 Å². The van der Waals surface area contributed by atoms with Crippen molar-refractivity contribution in [1.82, 2.24) is 9.78 Å². The minimum Gasteiger partial charge on any atom is -0.378 e. The standard InChI is InChI=1S/C19H18F5N3OS/c20-29(21,22,23,24)18-3-1-2-15(14-18)19-8-9-25-27(19)17-6-4-16(5-7-17)26-10-12-28-13-11-26/h1-9,14H,10-13H2. The van der Waals surface area contributed by atoms with Crippen LogP contribution in [0.1, 0.15) is 0 Å². The van der Waals surface area contributed by atoms with Crippen LogP contribution in [0.2, 0.25) is 0 Å². The van der Waals surface area contributed by atoms with E-state index < -0.39 is 15.1 Å². The number of hydrogen-bond donors (Lipinski definition) is 0. The third kappa shape index (κ3) is 4.23. The maximum atomic E-state index is 13.2. The molecule has 29 heavy (non-hydrogen) atoms. The zero-order valence-electron chi connectivity index (χ0n) is 15.1. The van der Waals surface area contributed by atoms with Crippen LogP contribution in [0.3, 0.4) is 0 Å². The lowest BCUT2D eigenvalue weighted by Gasteiger charge is -2.40. The van der Waals surface area contributed by atoms with Crippen molar-refractivity contribution in [1.29, 1.82) is 0 Å². The van der Waals surface area contributed by atoms with Crippen LogP contribution >= 0.6 is 10.2 Å². The number of aromatic nitrogens is 2. The van der Waals surface area contributed by atoms with E-state index in [9.17, 15) is 19.4 Å². The van der Waals surface area contributed by atoms with Crippen LogP contribution in [0.4, 0.5) is 25.1 Å². The van der Waals surface area contributed by atoms with Crippen molar-refractivity contribution in [2.24, 2.45) is 0 Å². The Kier molecular flexibility index (Phi) is 4.22. The molecule has 1 aromatic heterocycles. The minimum atomic E-state index is -9.76. The molecule has 2 heterocycles. The molecule has 0 N–H and O–H groups in total. The molecule has 156 valence electrons. The van der Waals surface area contributed by atoms with Gasteiger partial charge in [-0.2, -0.15) is 5.10 Å². The van der Waals surface area contributed by atoms with Gasteiger partial charge in [0.05, 0.1) is 30.8 Å². The van der Waals surface area contributed by atoms with Crippen LogP contribution < -0.4 is 4.90 Å². The second kappa shape index (κ2) is 6.20. The molecule has 0 bridgehead atoms. The minimum absolute atomic E-state index is 0.00510. The molecule has 4 nitrogen and oxygen atoms in total. The van der Waals surface area contributed by atoms with E-state index in [0.29, 0.717) is 31.0 Å². The number of anilines is 1. The van der Waals surface area contributed by atoms with E-state index in [0.717, 1.165) is 24.8 Å². The molecule has 0 atom stereocenters. The lowest BCUT2D eigenvalue weighted by molar-refractivity contribution is 0.122. The first-order chi connectivity index (χ1) is 13.5. The summed E-state index contributed by atoms with van der Waals surface area (Å²) in [5.41, 5.74) is 1.90. The summed E-state index contributed by atoms with van der Waals surface area (Å²) in [6.45, 7) is 2.84. The molecule has 4 rings (SSSR count). The molecule has 1 fully saturated rings. The number of halogens is 5. The van der Waals surface area contributed by atoms with Crippen LogP contribution in [0.25, 0.3) is 16.9 Å². The zero-order chi connectivity index (χ0) is 20.8. The van der Waals surface area contributed by atoms with Crippen LogP contribution in [0.5, 0.6) is 0 Å². The Morgan fingerprint density at radius 3 is 2.14 bits per heavy atom. The Morgan fingerprint density at radius 1 is 0.828 bits per heavy atom. The lowest BCUT2D eigenvalue weighted by atomic mass is 10.1. The van der Waals surface area contributed by atoms with Gasteiger partial charge >= 0.3 is 10.2 Å². The topological polar surface area (TPSA) is 30.3 Å². The smallest absolute Gasteiger partial charge is 0.310 e. The summed E-state index contributed by atoms with van der Waals surface area (Å²) in [4.78, 5) is 0.244. The van der Waals surface area contributed by atoms with Crippen molar-refractivity contribution in [3.8, 4) is 16.9 Å². The Bertz CT molecular complexity index is 1030. The van der Waals surface area contributed by atoms with Gasteiger partial charge in [-0.25, -0.2) is 4.68 Å². The number of morpholine rings is 1. The summed E-state index contributed by atoms with van der Waals surface area (Å²) in [7, 11) is -9.76. The molecular formula is C19H18F5N3OS. The van der Waals surface area contributed by atoms with Crippen LogP contribution in [-0.2, 0) is 4.74 Å². The van der Waals surface area contributed by atoms with Gasteiger partial charge in [-0.3, -0.25) is 0 Å². The summed E-state index contributed by atoms with van der Waals surface area (Å²) < 4.78 is 72.6. The molecule has 1 saturated heterocycles. The van der Waals surface area contributed by atoms with Gasteiger partial charge in [0.15, 0.2) is 0 Å². The van der Waals surface area contributed by atoms with Crippen LogP contribution in [0, 0.1) is 0 Å². The molecule has 10 heteroatoms. The first-order valence-corrected chi connectivity index (χ1v) is 10.8. The first-order valence-electron chi connectivity index (χ1n) is 8.83. The molecule has 1 aliphatic rings. The molecular weight excluding hydrogens is 413 g/mol. The summed E-state index contributed by atoms with van der Waals surface area (Å²) in [5.74, 6) is 0. The van der Waals surface area contributed by atoms with E-state index in [-0.39, 0.29) is 11.3 Å². The average Bonchev–Trinajstić information content (AvgIpc) is 3.17. The highest BCUT2D eigenvalue weighted by molar-refractivity contribution is 8.45. The monoisotopic (exact) mass is 431 g/mol. The number of nitrogens with zero attached hydrogens (tertiary/aromatic N) is 3. The fraction of sp³-hybridized carbons (Fsp3) is 0.211. The van der Waals surface area contributed by atoms with Crippen molar-refractivity contribution in [3.05, 3.63) is 60.8 Å². The maximum absolute atomic E-state index is 13.2. The SMILES string of the molecule is FS(F)(F)(F)(F)c1cccc(-c2ccnn2-c2ccc(N3CCOCC3)cc2)c1.